The fraction of sp³-hybridized carbons (Fsp3) is 0.190. The summed E-state index contributed by atoms with van der Waals surface area (Å²) in [6.07, 6.45) is 0. The van der Waals surface area contributed by atoms with Crippen molar-refractivity contribution >= 4 is 22.4 Å². The number of hydrogen-bond acceptors (Lipinski definition) is 2. The second kappa shape index (κ2) is 7.28. The number of hydrogen-bond donors (Lipinski definition) is 2. The van der Waals surface area contributed by atoms with Crippen molar-refractivity contribution < 1.29 is 4.79 Å². The highest BCUT2D eigenvalue weighted by Crippen LogP contribution is 2.23. The minimum Gasteiger partial charge on any atom is -0.325 e. The van der Waals surface area contributed by atoms with Gasteiger partial charge in [-0.05, 0) is 42.3 Å². The number of fused-ring (bicyclic) bond motifs is 1. The van der Waals surface area contributed by atoms with Crippen LogP contribution in [-0.4, -0.2) is 12.5 Å². The maximum absolute atomic E-state index is 12.1. The van der Waals surface area contributed by atoms with E-state index in [1.54, 1.807) is 0 Å². The van der Waals surface area contributed by atoms with Gasteiger partial charge in [0.25, 0.3) is 0 Å². The summed E-state index contributed by atoms with van der Waals surface area (Å²) in [5.41, 5.74) is 3.21. The van der Waals surface area contributed by atoms with E-state index < -0.39 is 0 Å². The van der Waals surface area contributed by atoms with Crippen LogP contribution in [0.5, 0.6) is 0 Å². The quantitative estimate of drug-likeness (QED) is 0.730. The zero-order valence-corrected chi connectivity index (χ0v) is 14.0. The first-order chi connectivity index (χ1) is 11.6. The zero-order valence-electron chi connectivity index (χ0n) is 14.0. The molecule has 0 heterocycles. The van der Waals surface area contributed by atoms with Crippen molar-refractivity contribution in [3.63, 3.8) is 0 Å². The Labute approximate surface area is 142 Å². The first-order valence-corrected chi connectivity index (χ1v) is 8.21. The molecule has 0 aromatic heterocycles. The van der Waals surface area contributed by atoms with Gasteiger partial charge in [0.15, 0.2) is 0 Å². The van der Waals surface area contributed by atoms with Crippen molar-refractivity contribution in [2.24, 2.45) is 0 Å². The Balaban J connectivity index is 1.63. The van der Waals surface area contributed by atoms with E-state index in [-0.39, 0.29) is 18.5 Å². The standard InChI is InChI=1S/C21H22N2O/c1-15-10-12-18(13-11-15)23-21(24)14-22-16(2)19-9-5-7-17-6-3-4-8-20(17)19/h3-13,16,22H,14H2,1-2H3,(H,23,24)/t16-/m0/s1. The highest BCUT2D eigenvalue weighted by atomic mass is 16.1. The van der Waals surface area contributed by atoms with Gasteiger partial charge in [0.05, 0.1) is 6.54 Å². The Kier molecular flexibility index (Phi) is 4.92. The highest BCUT2D eigenvalue weighted by molar-refractivity contribution is 5.92. The SMILES string of the molecule is Cc1ccc(NC(=O)CN[C@@H](C)c2cccc3ccccc23)cc1. The van der Waals surface area contributed by atoms with Gasteiger partial charge in [-0.1, -0.05) is 60.2 Å². The summed E-state index contributed by atoms with van der Waals surface area (Å²) in [7, 11) is 0. The lowest BCUT2D eigenvalue weighted by atomic mass is 10.00. The van der Waals surface area contributed by atoms with E-state index in [1.807, 2.05) is 43.3 Å². The highest BCUT2D eigenvalue weighted by Gasteiger charge is 2.10. The minimum absolute atomic E-state index is 0.0362. The average molecular weight is 318 g/mol. The Morgan fingerprint density at radius 1 is 0.958 bits per heavy atom. The first-order valence-electron chi connectivity index (χ1n) is 8.21. The second-order valence-corrected chi connectivity index (χ2v) is 6.09. The molecule has 1 atom stereocenters. The molecular formula is C21H22N2O. The zero-order chi connectivity index (χ0) is 16.9. The van der Waals surface area contributed by atoms with Gasteiger partial charge in [0.1, 0.15) is 0 Å². The Hall–Kier alpha value is -2.65. The maximum atomic E-state index is 12.1. The van der Waals surface area contributed by atoms with Crippen LogP contribution < -0.4 is 10.6 Å². The van der Waals surface area contributed by atoms with Crippen LogP contribution in [0.15, 0.2) is 66.7 Å². The van der Waals surface area contributed by atoms with E-state index in [2.05, 4.69) is 47.9 Å². The molecular weight excluding hydrogens is 296 g/mol. The van der Waals surface area contributed by atoms with Crippen molar-refractivity contribution in [3.8, 4) is 0 Å². The van der Waals surface area contributed by atoms with Gasteiger partial charge in [-0.3, -0.25) is 4.79 Å². The third-order valence-electron chi connectivity index (χ3n) is 4.19. The predicted octanol–water partition coefficient (Wildman–Crippen LogP) is 4.44. The van der Waals surface area contributed by atoms with Crippen LogP contribution in [0.4, 0.5) is 5.69 Å². The van der Waals surface area contributed by atoms with Crippen LogP contribution in [0.2, 0.25) is 0 Å². The van der Waals surface area contributed by atoms with Crippen LogP contribution in [0.25, 0.3) is 10.8 Å². The van der Waals surface area contributed by atoms with Crippen LogP contribution >= 0.6 is 0 Å². The van der Waals surface area contributed by atoms with Crippen LogP contribution in [0.1, 0.15) is 24.1 Å². The normalized spacial score (nSPS) is 12.1. The molecule has 0 aliphatic carbocycles. The number of carbonyl (C=O) groups is 1. The fourth-order valence-electron chi connectivity index (χ4n) is 2.83. The lowest BCUT2D eigenvalue weighted by molar-refractivity contribution is -0.115. The number of aryl methyl sites for hydroxylation is 1. The van der Waals surface area contributed by atoms with Gasteiger partial charge in [0, 0.05) is 11.7 Å². The van der Waals surface area contributed by atoms with Gasteiger partial charge in [-0.15, -0.1) is 0 Å². The predicted molar refractivity (Wildman–Crippen MR) is 100 cm³/mol. The number of nitrogens with one attached hydrogen (secondary N) is 2. The molecule has 0 aliphatic heterocycles. The number of benzene rings is 3. The van der Waals surface area contributed by atoms with Crippen LogP contribution in [-0.2, 0) is 4.79 Å². The molecule has 0 aliphatic rings. The minimum atomic E-state index is -0.0362. The molecule has 3 nitrogen and oxygen atoms in total. The largest absolute Gasteiger partial charge is 0.325 e. The second-order valence-electron chi connectivity index (χ2n) is 6.09. The summed E-state index contributed by atoms with van der Waals surface area (Å²) in [4.78, 5) is 12.1. The lowest BCUT2D eigenvalue weighted by Gasteiger charge is -2.16. The van der Waals surface area contributed by atoms with E-state index in [0.29, 0.717) is 0 Å². The molecule has 0 saturated heterocycles. The van der Waals surface area contributed by atoms with Crippen molar-refractivity contribution in [1.29, 1.82) is 0 Å². The number of rotatable bonds is 5. The molecule has 0 bridgehead atoms. The molecule has 3 rings (SSSR count). The van der Waals surface area contributed by atoms with Gasteiger partial charge in [-0.2, -0.15) is 0 Å². The van der Waals surface area contributed by atoms with E-state index in [9.17, 15) is 4.79 Å². The molecule has 122 valence electrons. The van der Waals surface area contributed by atoms with Gasteiger partial charge in [-0.25, -0.2) is 0 Å². The maximum Gasteiger partial charge on any atom is 0.238 e. The van der Waals surface area contributed by atoms with Crippen molar-refractivity contribution in [2.75, 3.05) is 11.9 Å². The first kappa shape index (κ1) is 16.2. The molecule has 0 fully saturated rings. The van der Waals surface area contributed by atoms with E-state index in [0.717, 1.165) is 5.69 Å². The van der Waals surface area contributed by atoms with E-state index in [4.69, 9.17) is 0 Å². The molecule has 3 aromatic carbocycles. The summed E-state index contributed by atoms with van der Waals surface area (Å²) in [5.74, 6) is -0.0362. The number of anilines is 1. The van der Waals surface area contributed by atoms with Crippen LogP contribution in [0, 0.1) is 6.92 Å². The van der Waals surface area contributed by atoms with Crippen molar-refractivity contribution in [2.45, 2.75) is 19.9 Å². The monoisotopic (exact) mass is 318 g/mol. The molecule has 3 heteroatoms. The summed E-state index contributed by atoms with van der Waals surface area (Å²) in [6, 6.07) is 22.5. The smallest absolute Gasteiger partial charge is 0.238 e. The van der Waals surface area contributed by atoms with Crippen LogP contribution in [0.3, 0.4) is 0 Å². The van der Waals surface area contributed by atoms with E-state index >= 15 is 0 Å². The summed E-state index contributed by atoms with van der Waals surface area (Å²) < 4.78 is 0. The molecule has 24 heavy (non-hydrogen) atoms. The van der Waals surface area contributed by atoms with Gasteiger partial charge in [0.2, 0.25) is 5.91 Å². The Morgan fingerprint density at radius 3 is 2.46 bits per heavy atom. The third-order valence-corrected chi connectivity index (χ3v) is 4.19. The topological polar surface area (TPSA) is 41.1 Å². The average Bonchev–Trinajstić information content (AvgIpc) is 2.61. The van der Waals surface area contributed by atoms with Gasteiger partial charge < -0.3 is 10.6 Å². The fourth-order valence-corrected chi connectivity index (χ4v) is 2.83. The molecule has 2 N–H and O–H groups in total. The van der Waals surface area contributed by atoms with Crippen molar-refractivity contribution in [3.05, 3.63) is 77.9 Å². The summed E-state index contributed by atoms with van der Waals surface area (Å²) in [5, 5.41) is 8.66. The summed E-state index contributed by atoms with van der Waals surface area (Å²) >= 11 is 0. The Bertz CT molecular complexity index is 835. The Morgan fingerprint density at radius 2 is 1.67 bits per heavy atom. The molecule has 1 amide bonds. The molecule has 3 aromatic rings. The number of carbonyl (C=O) groups excluding carboxylic acids is 1. The summed E-state index contributed by atoms with van der Waals surface area (Å²) in [6.45, 7) is 4.39. The van der Waals surface area contributed by atoms with Gasteiger partial charge >= 0.3 is 0 Å². The molecule has 0 spiro atoms. The number of amides is 1. The third kappa shape index (κ3) is 3.81. The molecule has 0 saturated carbocycles. The van der Waals surface area contributed by atoms with Crippen molar-refractivity contribution in [1.82, 2.24) is 5.32 Å². The lowest BCUT2D eigenvalue weighted by Crippen LogP contribution is -2.30. The molecule has 0 unspecified atom stereocenters. The van der Waals surface area contributed by atoms with E-state index in [1.165, 1.54) is 21.9 Å². The molecule has 0 radical (unpaired) electrons.